The first-order chi connectivity index (χ1) is 26.2. The lowest BCUT2D eigenvalue weighted by atomic mass is 9.79. The summed E-state index contributed by atoms with van der Waals surface area (Å²) in [6.07, 6.45) is 1.95. The van der Waals surface area contributed by atoms with Crippen molar-refractivity contribution in [3.8, 4) is 56.3 Å². The van der Waals surface area contributed by atoms with E-state index in [1.54, 1.807) is 6.07 Å². The van der Waals surface area contributed by atoms with Gasteiger partial charge in [0, 0.05) is 23.0 Å². The van der Waals surface area contributed by atoms with Crippen molar-refractivity contribution in [1.82, 2.24) is 14.5 Å². The third-order valence-electron chi connectivity index (χ3n) is 10.9. The topological polar surface area (TPSA) is 50.9 Å². The van der Waals surface area contributed by atoms with Crippen molar-refractivity contribution < 1.29 is 5.11 Å². The van der Waals surface area contributed by atoms with Gasteiger partial charge < -0.3 is 5.11 Å². The van der Waals surface area contributed by atoms with Gasteiger partial charge in [0.1, 0.15) is 11.6 Å². The van der Waals surface area contributed by atoms with E-state index < -0.39 is 0 Å². The van der Waals surface area contributed by atoms with E-state index >= 15 is 0 Å². The molecule has 1 N–H and O–H groups in total. The third-order valence-corrected chi connectivity index (χ3v) is 10.9. The Morgan fingerprint density at radius 2 is 1.00 bits per heavy atom. The lowest BCUT2D eigenvalue weighted by molar-refractivity contribution is 0.477. The number of fused-ring (bicyclic) bond motifs is 1. The van der Waals surface area contributed by atoms with Gasteiger partial charge in [-0.25, -0.2) is 4.98 Å². The fraction of sp³-hybridized carbons (Fsp3) is 0.308. The average Bonchev–Trinajstić information content (AvgIpc) is 3.52. The van der Waals surface area contributed by atoms with E-state index in [0.717, 1.165) is 44.7 Å². The van der Waals surface area contributed by atoms with Crippen LogP contribution in [0.4, 0.5) is 0 Å². The van der Waals surface area contributed by atoms with Gasteiger partial charge in [-0.3, -0.25) is 9.55 Å². The summed E-state index contributed by atoms with van der Waals surface area (Å²) in [7, 11) is 0. The van der Waals surface area contributed by atoms with Gasteiger partial charge in [0.15, 0.2) is 0 Å². The molecule has 5 aromatic carbocycles. The van der Waals surface area contributed by atoms with Crippen LogP contribution in [0.3, 0.4) is 0 Å². The fourth-order valence-electron chi connectivity index (χ4n) is 7.30. The molecule has 7 aromatic rings. The van der Waals surface area contributed by atoms with Crippen molar-refractivity contribution in [3.63, 3.8) is 0 Å². The van der Waals surface area contributed by atoms with Crippen molar-refractivity contribution in [1.29, 1.82) is 0 Å². The quantitative estimate of drug-likeness (QED) is 0.191. The molecule has 0 fully saturated rings. The molecule has 4 nitrogen and oxygen atoms in total. The first-order valence-electron chi connectivity index (χ1n) is 19.9. The molecule has 0 atom stereocenters. The van der Waals surface area contributed by atoms with Crippen molar-refractivity contribution >= 4 is 11.0 Å². The molecule has 0 aliphatic carbocycles. The Labute approximate surface area is 334 Å². The normalized spacial score (nSPS) is 12.7. The number of para-hydroxylation sites is 2. The molecular weight excluding hydrogens is 683 g/mol. The monoisotopic (exact) mass is 739 g/mol. The van der Waals surface area contributed by atoms with Gasteiger partial charge in [0.05, 0.1) is 22.3 Å². The predicted molar refractivity (Wildman–Crippen MR) is 237 cm³/mol. The Kier molecular flexibility index (Phi) is 9.64. The maximum atomic E-state index is 11.2. The minimum atomic E-state index is -0.141. The Morgan fingerprint density at radius 1 is 0.464 bits per heavy atom. The van der Waals surface area contributed by atoms with Crippen LogP contribution in [0.5, 0.6) is 5.75 Å². The molecule has 0 saturated heterocycles. The maximum absolute atomic E-state index is 11.2. The fourth-order valence-corrected chi connectivity index (χ4v) is 7.30. The van der Waals surface area contributed by atoms with E-state index in [2.05, 4.69) is 160 Å². The number of benzene rings is 5. The number of nitrogens with zero attached hydrogens (tertiary/aromatic N) is 3. The molecule has 0 aliphatic heterocycles. The number of hydrogen-bond donors (Lipinski definition) is 1. The number of phenols is 1. The highest BCUT2D eigenvalue weighted by molar-refractivity contribution is 5.97. The number of aromatic hydroxyl groups is 1. The van der Waals surface area contributed by atoms with Gasteiger partial charge in [0.25, 0.3) is 0 Å². The zero-order valence-corrected chi connectivity index (χ0v) is 35.3. The summed E-state index contributed by atoms with van der Waals surface area (Å²) >= 11 is 0. The maximum Gasteiger partial charge on any atom is 0.149 e. The Bertz CT molecular complexity index is 2530. The summed E-state index contributed by atoms with van der Waals surface area (Å²) in [5.74, 6) is 0.897. The molecule has 0 aliphatic rings. The molecule has 0 saturated carbocycles. The third kappa shape index (κ3) is 7.67. The molecule has 4 heteroatoms. The van der Waals surface area contributed by atoms with Crippen molar-refractivity contribution in [2.45, 2.75) is 105 Å². The Morgan fingerprint density at radius 3 is 1.61 bits per heavy atom. The predicted octanol–water partition coefficient (Wildman–Crippen LogP) is 14.0. The van der Waals surface area contributed by atoms with Crippen molar-refractivity contribution in [3.05, 3.63) is 144 Å². The SMILES string of the molecule is CC(C)(C)c1cc(-c2cc(-c3cc(C(C)(C)C)cc(C(C)(C)C)c3)ccn2)cc(-c2cc(C(C)(C)C)cc3c2nc(-c2ccccc2O)n3-c2ccccc2)c1. The molecule has 0 unspecified atom stereocenters. The zero-order chi connectivity index (χ0) is 40.4. The molecule has 0 spiro atoms. The number of pyridine rings is 1. The zero-order valence-electron chi connectivity index (χ0n) is 35.3. The van der Waals surface area contributed by atoms with Crippen LogP contribution in [0, 0.1) is 0 Å². The smallest absolute Gasteiger partial charge is 0.149 e. The molecule has 2 heterocycles. The molecular formula is C52H57N3O. The van der Waals surface area contributed by atoms with Crippen LogP contribution in [0.15, 0.2) is 121 Å². The van der Waals surface area contributed by atoms with Crippen LogP contribution in [0.25, 0.3) is 61.6 Å². The molecule has 2 aromatic heterocycles. The second-order valence-corrected chi connectivity index (χ2v) is 19.5. The largest absolute Gasteiger partial charge is 0.507 e. The summed E-state index contributed by atoms with van der Waals surface area (Å²) < 4.78 is 2.19. The highest BCUT2D eigenvalue weighted by Crippen LogP contribution is 2.42. The minimum absolute atomic E-state index is 0.0152. The van der Waals surface area contributed by atoms with Crippen LogP contribution in [0.2, 0.25) is 0 Å². The van der Waals surface area contributed by atoms with Gasteiger partial charge in [0.2, 0.25) is 0 Å². The van der Waals surface area contributed by atoms with Crippen LogP contribution < -0.4 is 0 Å². The summed E-state index contributed by atoms with van der Waals surface area (Å²) in [6, 6.07) is 40.8. The van der Waals surface area contributed by atoms with Crippen LogP contribution in [0.1, 0.15) is 105 Å². The number of imidazole rings is 1. The number of aromatic nitrogens is 3. The van der Waals surface area contributed by atoms with Gasteiger partial charge in [-0.05, 0) is 121 Å². The highest BCUT2D eigenvalue weighted by Gasteiger charge is 2.26. The first-order valence-corrected chi connectivity index (χ1v) is 19.9. The Balaban J connectivity index is 1.50. The summed E-state index contributed by atoms with van der Waals surface area (Å²) in [6.45, 7) is 27.3. The molecule has 0 radical (unpaired) electrons. The van der Waals surface area contributed by atoms with Crippen LogP contribution >= 0.6 is 0 Å². The van der Waals surface area contributed by atoms with Gasteiger partial charge in [-0.1, -0.05) is 138 Å². The minimum Gasteiger partial charge on any atom is -0.507 e. The number of phenolic OH excluding ortho intramolecular Hbond substituents is 1. The summed E-state index contributed by atoms with van der Waals surface area (Å²) in [4.78, 5) is 10.4. The van der Waals surface area contributed by atoms with Crippen molar-refractivity contribution in [2.75, 3.05) is 0 Å². The van der Waals surface area contributed by atoms with Crippen LogP contribution in [-0.2, 0) is 21.7 Å². The second kappa shape index (κ2) is 13.9. The molecule has 56 heavy (non-hydrogen) atoms. The van der Waals surface area contributed by atoms with Crippen LogP contribution in [-0.4, -0.2) is 19.6 Å². The van der Waals surface area contributed by atoms with Gasteiger partial charge in [-0.15, -0.1) is 0 Å². The van der Waals surface area contributed by atoms with E-state index in [1.807, 2.05) is 42.6 Å². The van der Waals surface area contributed by atoms with E-state index in [4.69, 9.17) is 9.97 Å². The molecule has 7 rings (SSSR count). The lowest BCUT2D eigenvalue weighted by Gasteiger charge is -2.26. The first kappa shape index (κ1) is 38.8. The van der Waals surface area contributed by atoms with E-state index in [-0.39, 0.29) is 27.4 Å². The number of hydrogen-bond acceptors (Lipinski definition) is 3. The molecule has 0 bridgehead atoms. The van der Waals surface area contributed by atoms with Crippen molar-refractivity contribution in [2.24, 2.45) is 0 Å². The standard InChI is InChI=1S/C52H57N3O/c1-49(2,3)37-27-35(24-36(28-37)44-29-33(22-23-53-44)34-25-38(50(4,5)6)30-39(26-34)51(7,8)9)43-31-40(52(10,11)12)32-45-47(43)54-48(42-20-16-17-21-46(42)56)55(45)41-18-14-13-15-19-41/h13-32,56H,1-12H3. The van der Waals surface area contributed by atoms with E-state index in [9.17, 15) is 5.11 Å². The number of rotatable bonds is 5. The molecule has 0 amide bonds. The highest BCUT2D eigenvalue weighted by atomic mass is 16.3. The summed E-state index contributed by atoms with van der Waals surface area (Å²) in [5.41, 5.74) is 14.9. The van der Waals surface area contributed by atoms with Gasteiger partial charge >= 0.3 is 0 Å². The Hall–Kier alpha value is -5.48. The average molecular weight is 740 g/mol. The van der Waals surface area contributed by atoms with Gasteiger partial charge in [-0.2, -0.15) is 0 Å². The lowest BCUT2D eigenvalue weighted by Crippen LogP contribution is -2.16. The van der Waals surface area contributed by atoms with E-state index in [0.29, 0.717) is 11.4 Å². The second-order valence-electron chi connectivity index (χ2n) is 19.5. The van der Waals surface area contributed by atoms with E-state index in [1.165, 1.54) is 27.8 Å². The summed E-state index contributed by atoms with van der Waals surface area (Å²) in [5, 5.41) is 11.2. The molecule has 286 valence electrons.